The molecule has 1 aliphatic heterocycles. The first-order chi connectivity index (χ1) is 11.8. The molecule has 24 heavy (non-hydrogen) atoms. The number of aromatic nitrogens is 3. The maximum atomic E-state index is 14.4. The van der Waals surface area contributed by atoms with Crippen molar-refractivity contribution >= 4 is 0 Å². The highest BCUT2D eigenvalue weighted by molar-refractivity contribution is 5.60. The van der Waals surface area contributed by atoms with Crippen LogP contribution in [0.15, 0.2) is 24.4 Å². The highest BCUT2D eigenvalue weighted by Crippen LogP contribution is 2.28. The Morgan fingerprint density at radius 2 is 2.17 bits per heavy atom. The lowest BCUT2D eigenvalue weighted by Gasteiger charge is -2.21. The second kappa shape index (κ2) is 6.74. The van der Waals surface area contributed by atoms with Gasteiger partial charge < -0.3 is 4.74 Å². The number of rotatable bonds is 3. The van der Waals surface area contributed by atoms with E-state index in [1.54, 1.807) is 16.9 Å². The van der Waals surface area contributed by atoms with E-state index >= 15 is 0 Å². The zero-order chi connectivity index (χ0) is 16.4. The molecule has 0 spiro atoms. The van der Waals surface area contributed by atoms with Crippen LogP contribution in [-0.4, -0.2) is 27.7 Å². The first-order valence-electron chi connectivity index (χ1n) is 8.61. The van der Waals surface area contributed by atoms with Crippen molar-refractivity contribution in [2.75, 3.05) is 6.61 Å². The average Bonchev–Trinajstić information content (AvgIpc) is 3.32. The molecule has 2 fully saturated rings. The minimum Gasteiger partial charge on any atom is -0.376 e. The van der Waals surface area contributed by atoms with E-state index in [0.717, 1.165) is 19.4 Å². The Hall–Kier alpha value is -2.19. The Kier molecular flexibility index (Phi) is 4.31. The molecule has 1 saturated carbocycles. The van der Waals surface area contributed by atoms with Gasteiger partial charge in [-0.25, -0.2) is 9.07 Å². The van der Waals surface area contributed by atoms with E-state index in [2.05, 4.69) is 22.2 Å². The van der Waals surface area contributed by atoms with Gasteiger partial charge in [-0.15, -0.1) is 5.10 Å². The van der Waals surface area contributed by atoms with E-state index in [1.807, 2.05) is 6.07 Å². The second-order valence-corrected chi connectivity index (χ2v) is 6.55. The summed E-state index contributed by atoms with van der Waals surface area (Å²) in [5.41, 5.74) is 1.72. The van der Waals surface area contributed by atoms with Gasteiger partial charge in [-0.3, -0.25) is 0 Å². The van der Waals surface area contributed by atoms with E-state index in [-0.39, 0.29) is 11.9 Å². The number of benzene rings is 1. The Morgan fingerprint density at radius 1 is 1.25 bits per heavy atom. The van der Waals surface area contributed by atoms with Gasteiger partial charge in [0.2, 0.25) is 0 Å². The molecule has 4 rings (SSSR count). The molecule has 4 nitrogen and oxygen atoms in total. The minimum atomic E-state index is -0.307. The van der Waals surface area contributed by atoms with E-state index in [1.165, 1.54) is 25.3 Å². The highest BCUT2D eigenvalue weighted by Gasteiger charge is 2.18. The van der Waals surface area contributed by atoms with Crippen molar-refractivity contribution < 1.29 is 9.13 Å². The SMILES string of the molecule is Fc1cc(C#CC2CC2)ccc1-c1cn(CC2CCCCO2)nn1. The van der Waals surface area contributed by atoms with Gasteiger partial charge in [-0.2, -0.15) is 0 Å². The third-order valence-electron chi connectivity index (χ3n) is 4.45. The molecule has 2 aromatic rings. The summed E-state index contributed by atoms with van der Waals surface area (Å²) < 4.78 is 21.8. The molecule has 5 heteroatoms. The van der Waals surface area contributed by atoms with Crippen LogP contribution in [0.2, 0.25) is 0 Å². The van der Waals surface area contributed by atoms with Gasteiger partial charge in [0.25, 0.3) is 0 Å². The van der Waals surface area contributed by atoms with E-state index < -0.39 is 0 Å². The number of hydrogen-bond donors (Lipinski definition) is 0. The lowest BCUT2D eigenvalue weighted by Crippen LogP contribution is -2.24. The molecule has 0 radical (unpaired) electrons. The Morgan fingerprint density at radius 3 is 2.92 bits per heavy atom. The van der Waals surface area contributed by atoms with Crippen LogP contribution >= 0.6 is 0 Å². The number of halogens is 1. The van der Waals surface area contributed by atoms with Crippen LogP contribution in [0.25, 0.3) is 11.3 Å². The quantitative estimate of drug-likeness (QED) is 0.812. The molecule has 1 unspecified atom stereocenters. The predicted octanol–water partition coefficient (Wildman–Crippen LogP) is 3.41. The Labute approximate surface area is 141 Å². The molecule has 0 bridgehead atoms. The smallest absolute Gasteiger partial charge is 0.133 e. The highest BCUT2D eigenvalue weighted by atomic mass is 19.1. The Bertz CT molecular complexity index is 779. The third-order valence-corrected chi connectivity index (χ3v) is 4.45. The van der Waals surface area contributed by atoms with Crippen molar-refractivity contribution in [2.45, 2.75) is 44.8 Å². The summed E-state index contributed by atoms with van der Waals surface area (Å²) in [6, 6.07) is 5.06. The van der Waals surface area contributed by atoms with Crippen molar-refractivity contribution in [2.24, 2.45) is 5.92 Å². The van der Waals surface area contributed by atoms with Gasteiger partial charge in [0.05, 0.1) is 18.8 Å². The molecule has 1 atom stereocenters. The summed E-state index contributed by atoms with van der Waals surface area (Å²) in [4.78, 5) is 0. The summed E-state index contributed by atoms with van der Waals surface area (Å²) in [6.07, 6.45) is 7.65. The fourth-order valence-corrected chi connectivity index (χ4v) is 2.88. The normalized spacial score (nSPS) is 20.5. The summed E-state index contributed by atoms with van der Waals surface area (Å²) >= 11 is 0. The second-order valence-electron chi connectivity index (χ2n) is 6.55. The lowest BCUT2D eigenvalue weighted by molar-refractivity contribution is 0.00370. The van der Waals surface area contributed by atoms with Gasteiger partial charge in [-0.05, 0) is 50.3 Å². The molecule has 124 valence electrons. The maximum Gasteiger partial charge on any atom is 0.133 e. The standard InChI is InChI=1S/C19H20FN3O/c20-18-11-15(7-6-14-4-5-14)8-9-17(18)19-13-23(22-21-19)12-16-3-1-2-10-24-16/h8-9,11,13-14,16H,1-5,10,12H2. The van der Waals surface area contributed by atoms with Crippen LogP contribution in [0.3, 0.4) is 0 Å². The summed E-state index contributed by atoms with van der Waals surface area (Å²) in [7, 11) is 0. The van der Waals surface area contributed by atoms with Crippen LogP contribution < -0.4 is 0 Å². The maximum absolute atomic E-state index is 14.4. The number of hydrogen-bond acceptors (Lipinski definition) is 3. The number of ether oxygens (including phenoxy) is 1. The first kappa shape index (κ1) is 15.3. The summed E-state index contributed by atoms with van der Waals surface area (Å²) in [5, 5.41) is 8.22. The van der Waals surface area contributed by atoms with E-state index in [9.17, 15) is 4.39 Å². The number of nitrogens with zero attached hydrogens (tertiary/aromatic N) is 3. The van der Waals surface area contributed by atoms with Gasteiger partial charge in [-0.1, -0.05) is 17.1 Å². The molecular formula is C19H20FN3O. The van der Waals surface area contributed by atoms with Crippen molar-refractivity contribution in [1.29, 1.82) is 0 Å². The van der Waals surface area contributed by atoms with Crippen molar-refractivity contribution in [1.82, 2.24) is 15.0 Å². The zero-order valence-corrected chi connectivity index (χ0v) is 13.5. The van der Waals surface area contributed by atoms with Crippen LogP contribution in [-0.2, 0) is 11.3 Å². The van der Waals surface area contributed by atoms with Crippen molar-refractivity contribution in [3.8, 4) is 23.1 Å². The lowest BCUT2D eigenvalue weighted by atomic mass is 10.1. The molecule has 1 aromatic heterocycles. The topological polar surface area (TPSA) is 39.9 Å². The summed E-state index contributed by atoms with van der Waals surface area (Å²) in [6.45, 7) is 1.48. The molecule has 2 aliphatic rings. The zero-order valence-electron chi connectivity index (χ0n) is 13.5. The monoisotopic (exact) mass is 325 g/mol. The largest absolute Gasteiger partial charge is 0.376 e. The molecular weight excluding hydrogens is 305 g/mol. The van der Waals surface area contributed by atoms with Gasteiger partial charge in [0, 0.05) is 23.7 Å². The molecule has 1 aliphatic carbocycles. The molecule has 1 saturated heterocycles. The molecule has 0 N–H and O–H groups in total. The van der Waals surface area contributed by atoms with Crippen LogP contribution in [0.1, 0.15) is 37.7 Å². The summed E-state index contributed by atoms with van der Waals surface area (Å²) in [5.74, 6) is 6.39. The van der Waals surface area contributed by atoms with Crippen molar-refractivity contribution in [3.05, 3.63) is 35.8 Å². The average molecular weight is 325 g/mol. The van der Waals surface area contributed by atoms with E-state index in [0.29, 0.717) is 29.3 Å². The molecule has 2 heterocycles. The Balaban J connectivity index is 1.48. The van der Waals surface area contributed by atoms with Crippen LogP contribution in [0.4, 0.5) is 4.39 Å². The van der Waals surface area contributed by atoms with Gasteiger partial charge in [0.15, 0.2) is 0 Å². The van der Waals surface area contributed by atoms with Gasteiger partial charge >= 0.3 is 0 Å². The van der Waals surface area contributed by atoms with E-state index in [4.69, 9.17) is 4.74 Å². The van der Waals surface area contributed by atoms with Gasteiger partial charge in [0.1, 0.15) is 11.5 Å². The molecule has 0 amide bonds. The fourth-order valence-electron chi connectivity index (χ4n) is 2.88. The minimum absolute atomic E-state index is 0.179. The fraction of sp³-hybridized carbons (Fsp3) is 0.474. The third kappa shape index (κ3) is 3.65. The first-order valence-corrected chi connectivity index (χ1v) is 8.61. The predicted molar refractivity (Wildman–Crippen MR) is 88.6 cm³/mol. The molecule has 1 aromatic carbocycles. The van der Waals surface area contributed by atoms with Crippen LogP contribution in [0, 0.1) is 23.6 Å². The van der Waals surface area contributed by atoms with Crippen LogP contribution in [0.5, 0.6) is 0 Å². The van der Waals surface area contributed by atoms with Crippen molar-refractivity contribution in [3.63, 3.8) is 0 Å².